The minimum atomic E-state index is -1.78. The number of pyridine rings is 1. The van der Waals surface area contributed by atoms with Gasteiger partial charge in [0, 0.05) is 60.2 Å². The molecule has 1 aromatic heterocycles. The van der Waals surface area contributed by atoms with Gasteiger partial charge in [-0.3, -0.25) is 9.78 Å². The number of aliphatic hydroxyl groups is 5. The summed E-state index contributed by atoms with van der Waals surface area (Å²) in [5.74, 6) is 0.601. The van der Waals surface area contributed by atoms with Crippen LogP contribution in [0.1, 0.15) is 61.6 Å². The highest BCUT2D eigenvalue weighted by Gasteiger charge is 2.48. The fourth-order valence-corrected chi connectivity index (χ4v) is 6.59. The Kier molecular flexibility index (Phi) is 14.1. The molecule has 0 spiro atoms. The zero-order valence-electron chi connectivity index (χ0n) is 28.8. The molecule has 0 radical (unpaired) electrons. The highest BCUT2D eigenvalue weighted by Crippen LogP contribution is 2.53. The number of nitrogens with zero attached hydrogens (tertiary/aromatic N) is 2. The van der Waals surface area contributed by atoms with Gasteiger partial charge in [0.2, 0.25) is 5.91 Å². The first-order chi connectivity index (χ1) is 24.6. The van der Waals surface area contributed by atoms with Crippen molar-refractivity contribution in [3.05, 3.63) is 81.6 Å². The summed E-state index contributed by atoms with van der Waals surface area (Å²) in [6.07, 6.45) is 3.03. The van der Waals surface area contributed by atoms with Crippen molar-refractivity contribution in [3.63, 3.8) is 0 Å². The molecule has 2 fully saturated rings. The Morgan fingerprint density at radius 2 is 1.69 bits per heavy atom. The topological polar surface area (TPSA) is 162 Å². The van der Waals surface area contributed by atoms with Crippen LogP contribution in [-0.4, -0.2) is 105 Å². The molecule has 2 aromatic carbocycles. The highest BCUT2D eigenvalue weighted by atomic mass is 35.5. The highest BCUT2D eigenvalue weighted by molar-refractivity contribution is 6.34. The van der Waals surface area contributed by atoms with Crippen molar-refractivity contribution in [1.82, 2.24) is 9.88 Å². The van der Waals surface area contributed by atoms with E-state index < -0.39 is 36.6 Å². The number of benzene rings is 2. The van der Waals surface area contributed by atoms with E-state index in [0.29, 0.717) is 29.3 Å². The minimum Gasteiger partial charge on any atom is -0.490 e. The number of halogens is 2. The lowest BCUT2D eigenvalue weighted by atomic mass is 9.96. The summed E-state index contributed by atoms with van der Waals surface area (Å²) in [6, 6.07) is 13.8. The number of para-hydroxylation sites is 1. The lowest BCUT2D eigenvalue weighted by molar-refractivity contribution is -0.140. The SMILES string of the molecule is COCCN(C[C@H](O)[C@@H](O)[C@H](O)[C@H](O)CO)C(=O)CCCCc1cc(Cl)c(COC2(c3cnccc3-c3ccccc3OC3CC3)CC2)cc1Cl. The minimum absolute atomic E-state index is 0.161. The first-order valence-electron chi connectivity index (χ1n) is 17.5. The van der Waals surface area contributed by atoms with Crippen molar-refractivity contribution in [2.24, 2.45) is 0 Å². The molecule has 1 amide bonds. The zero-order chi connectivity index (χ0) is 36.5. The fourth-order valence-electron chi connectivity index (χ4n) is 6.07. The van der Waals surface area contributed by atoms with Gasteiger partial charge in [0.05, 0.1) is 31.5 Å². The van der Waals surface area contributed by atoms with E-state index in [4.69, 9.17) is 42.5 Å². The van der Waals surface area contributed by atoms with Crippen LogP contribution in [0.25, 0.3) is 11.1 Å². The van der Waals surface area contributed by atoms with E-state index in [9.17, 15) is 25.2 Å². The van der Waals surface area contributed by atoms with Gasteiger partial charge in [0.15, 0.2) is 0 Å². The number of hydrogen-bond acceptors (Lipinski definition) is 10. The van der Waals surface area contributed by atoms with Crippen LogP contribution < -0.4 is 4.74 Å². The van der Waals surface area contributed by atoms with Gasteiger partial charge in [-0.25, -0.2) is 0 Å². The lowest BCUT2D eigenvalue weighted by Gasteiger charge is -2.30. The van der Waals surface area contributed by atoms with Crippen LogP contribution in [0.4, 0.5) is 0 Å². The molecule has 51 heavy (non-hydrogen) atoms. The Balaban J connectivity index is 1.15. The van der Waals surface area contributed by atoms with Crippen LogP contribution in [0.5, 0.6) is 5.75 Å². The normalized spacial score (nSPS) is 17.4. The summed E-state index contributed by atoms with van der Waals surface area (Å²) in [7, 11) is 1.48. The Morgan fingerprint density at radius 1 is 0.980 bits per heavy atom. The molecule has 0 unspecified atom stereocenters. The average molecular weight is 748 g/mol. The fraction of sp³-hybridized carbons (Fsp3) is 0.526. The second-order valence-corrected chi connectivity index (χ2v) is 14.2. The molecule has 0 saturated heterocycles. The molecular formula is C38H48Cl2N2O9. The Labute approximate surface area is 308 Å². The van der Waals surface area contributed by atoms with E-state index in [-0.39, 0.29) is 44.7 Å². The van der Waals surface area contributed by atoms with Crippen molar-refractivity contribution < 1.29 is 44.5 Å². The third-order valence-corrected chi connectivity index (χ3v) is 10.2. The molecule has 13 heteroatoms. The summed E-state index contributed by atoms with van der Waals surface area (Å²) in [4.78, 5) is 18.8. The van der Waals surface area contributed by atoms with Crippen LogP contribution in [0, 0.1) is 0 Å². The van der Waals surface area contributed by atoms with E-state index in [0.717, 1.165) is 59.3 Å². The predicted octanol–water partition coefficient (Wildman–Crippen LogP) is 4.43. The van der Waals surface area contributed by atoms with Crippen molar-refractivity contribution in [3.8, 4) is 16.9 Å². The summed E-state index contributed by atoms with van der Waals surface area (Å²) in [6.45, 7) is -0.434. The molecule has 11 nitrogen and oxygen atoms in total. The molecule has 3 aromatic rings. The van der Waals surface area contributed by atoms with Gasteiger partial charge >= 0.3 is 0 Å². The Bertz CT molecular complexity index is 1600. The molecule has 2 saturated carbocycles. The van der Waals surface area contributed by atoms with E-state index in [2.05, 4.69) is 11.1 Å². The standard InChI is InChI=1S/C38H48Cl2N2O9/c1-49-17-16-42(21-32(44)36(47)37(48)33(45)22-43)35(46)9-5-2-6-24-18-31(40)25(19-30(24)39)23-50-38(13-14-38)29-20-41-15-12-27(29)28-7-3-4-8-34(28)51-26-10-11-26/h3-4,7-8,12,15,18-20,26,32-33,36-37,43-45,47-48H,2,5-6,9-11,13-14,16-17,21-23H2,1H3/t32-,33+,36+,37+/m0/s1. The van der Waals surface area contributed by atoms with Crippen LogP contribution in [-0.2, 0) is 32.9 Å². The molecule has 1 heterocycles. The van der Waals surface area contributed by atoms with E-state index >= 15 is 0 Å². The van der Waals surface area contributed by atoms with Gasteiger partial charge in [0.25, 0.3) is 0 Å². The van der Waals surface area contributed by atoms with Crippen LogP contribution in [0.3, 0.4) is 0 Å². The number of methoxy groups -OCH3 is 1. The predicted molar refractivity (Wildman–Crippen MR) is 193 cm³/mol. The quantitative estimate of drug-likeness (QED) is 0.0987. The largest absolute Gasteiger partial charge is 0.490 e. The molecule has 2 aliphatic carbocycles. The van der Waals surface area contributed by atoms with Crippen LogP contribution >= 0.6 is 23.2 Å². The van der Waals surface area contributed by atoms with Gasteiger partial charge in [-0.2, -0.15) is 0 Å². The van der Waals surface area contributed by atoms with Gasteiger partial charge < -0.3 is 44.6 Å². The van der Waals surface area contributed by atoms with Gasteiger partial charge in [-0.15, -0.1) is 0 Å². The third kappa shape index (κ3) is 10.4. The Morgan fingerprint density at radius 3 is 2.39 bits per heavy atom. The smallest absolute Gasteiger partial charge is 0.222 e. The number of aryl methyl sites for hydroxylation is 1. The van der Waals surface area contributed by atoms with Gasteiger partial charge in [0.1, 0.15) is 30.2 Å². The average Bonchev–Trinajstić information content (AvgIpc) is 4.09. The number of unbranched alkanes of at least 4 members (excludes halogenated alkanes) is 1. The number of carbonyl (C=O) groups is 1. The number of hydrogen-bond donors (Lipinski definition) is 5. The number of aromatic nitrogens is 1. The van der Waals surface area contributed by atoms with E-state index in [1.54, 1.807) is 6.20 Å². The second-order valence-electron chi connectivity index (χ2n) is 13.4. The summed E-state index contributed by atoms with van der Waals surface area (Å²) in [5.41, 5.74) is 4.24. The van der Waals surface area contributed by atoms with Crippen molar-refractivity contribution >= 4 is 29.1 Å². The maximum atomic E-state index is 13.0. The van der Waals surface area contributed by atoms with Crippen molar-refractivity contribution in [2.75, 3.05) is 33.4 Å². The number of rotatable bonds is 21. The molecule has 5 rings (SSSR count). The Hall–Kier alpha value is -2.84. The van der Waals surface area contributed by atoms with Gasteiger partial charge in [-0.1, -0.05) is 41.4 Å². The summed E-state index contributed by atoms with van der Waals surface area (Å²) < 4.78 is 17.9. The third-order valence-electron chi connectivity index (χ3n) is 9.47. The second kappa shape index (κ2) is 18.3. The summed E-state index contributed by atoms with van der Waals surface area (Å²) >= 11 is 13.5. The molecule has 0 bridgehead atoms. The van der Waals surface area contributed by atoms with Gasteiger partial charge in [-0.05, 0) is 85.9 Å². The maximum Gasteiger partial charge on any atom is 0.222 e. The number of carbonyl (C=O) groups excluding carboxylic acids is 1. The number of ether oxygens (including phenoxy) is 3. The number of amides is 1. The van der Waals surface area contributed by atoms with Crippen molar-refractivity contribution in [2.45, 2.75) is 94.1 Å². The first kappa shape index (κ1) is 39.4. The zero-order valence-corrected chi connectivity index (χ0v) is 30.3. The van der Waals surface area contributed by atoms with E-state index in [1.807, 2.05) is 42.6 Å². The molecular weight excluding hydrogens is 699 g/mol. The first-order valence-corrected chi connectivity index (χ1v) is 18.2. The van der Waals surface area contributed by atoms with Crippen LogP contribution in [0.2, 0.25) is 10.0 Å². The van der Waals surface area contributed by atoms with Crippen LogP contribution in [0.15, 0.2) is 54.9 Å². The van der Waals surface area contributed by atoms with Crippen molar-refractivity contribution in [1.29, 1.82) is 0 Å². The van der Waals surface area contributed by atoms with E-state index in [1.165, 1.54) is 12.0 Å². The lowest BCUT2D eigenvalue weighted by Crippen LogP contribution is -2.51. The molecule has 5 N–H and O–H groups in total. The monoisotopic (exact) mass is 746 g/mol. The summed E-state index contributed by atoms with van der Waals surface area (Å²) in [5, 5.41) is 50.3. The maximum absolute atomic E-state index is 13.0. The molecule has 278 valence electrons. The molecule has 2 aliphatic rings. The number of aliphatic hydroxyl groups excluding tert-OH is 5. The molecule has 4 atom stereocenters. The molecule has 0 aliphatic heterocycles.